The minimum absolute atomic E-state index is 0.253. The van der Waals surface area contributed by atoms with E-state index >= 15 is 0 Å². The lowest BCUT2D eigenvalue weighted by Gasteiger charge is -2.24. The van der Waals surface area contributed by atoms with E-state index in [1.807, 2.05) is 0 Å². The molecule has 2 nitrogen and oxygen atoms in total. The van der Waals surface area contributed by atoms with Crippen LogP contribution in [0.25, 0.3) is 0 Å². The minimum atomic E-state index is 0.253. The molecule has 1 unspecified atom stereocenters. The van der Waals surface area contributed by atoms with Gasteiger partial charge < -0.3 is 4.74 Å². The average Bonchev–Trinajstić information content (AvgIpc) is 2.90. The summed E-state index contributed by atoms with van der Waals surface area (Å²) < 4.78 is 5.53. The molecule has 0 aliphatic carbocycles. The van der Waals surface area contributed by atoms with Gasteiger partial charge in [-0.2, -0.15) is 0 Å². The zero-order valence-corrected chi connectivity index (χ0v) is 9.15. The molecule has 0 aromatic heterocycles. The molecule has 2 heteroatoms. The highest BCUT2D eigenvalue weighted by Gasteiger charge is 2.50. The quantitative estimate of drug-likeness (QED) is 0.685. The summed E-state index contributed by atoms with van der Waals surface area (Å²) in [5, 5.41) is 0. The maximum atomic E-state index is 5.53. The van der Waals surface area contributed by atoms with Crippen LogP contribution in [0.4, 0.5) is 0 Å². The van der Waals surface area contributed by atoms with Crippen molar-refractivity contribution in [2.75, 3.05) is 19.7 Å². The highest BCUT2D eigenvalue weighted by atomic mass is 16.6. The summed E-state index contributed by atoms with van der Waals surface area (Å²) in [4.78, 5) is 2.53. The Kier molecular flexibility index (Phi) is 2.08. The number of ether oxygens (including phenoxy) is 1. The van der Waals surface area contributed by atoms with Gasteiger partial charge in [0.2, 0.25) is 0 Å². The van der Waals surface area contributed by atoms with Crippen molar-refractivity contribution < 1.29 is 4.74 Å². The van der Waals surface area contributed by atoms with Crippen LogP contribution in [0.2, 0.25) is 0 Å². The van der Waals surface area contributed by atoms with E-state index in [4.69, 9.17) is 4.74 Å². The van der Waals surface area contributed by atoms with Gasteiger partial charge in [0.1, 0.15) is 5.60 Å². The molecule has 1 aromatic rings. The predicted octanol–water partition coefficient (Wildman–Crippen LogP) is 2.22. The Hall–Kier alpha value is -0.860. The number of epoxide rings is 1. The minimum Gasteiger partial charge on any atom is -0.368 e. The summed E-state index contributed by atoms with van der Waals surface area (Å²) in [6.45, 7) is 5.56. The van der Waals surface area contributed by atoms with Gasteiger partial charge in [0.15, 0.2) is 0 Å². The molecule has 2 heterocycles. The zero-order valence-electron chi connectivity index (χ0n) is 9.15. The largest absolute Gasteiger partial charge is 0.368 e. The Labute approximate surface area is 90.8 Å². The van der Waals surface area contributed by atoms with Crippen LogP contribution in [0.3, 0.4) is 0 Å². The fourth-order valence-corrected chi connectivity index (χ4v) is 2.49. The average molecular weight is 203 g/mol. The van der Waals surface area contributed by atoms with Crippen molar-refractivity contribution in [2.45, 2.75) is 25.0 Å². The number of rotatable bonds is 2. The van der Waals surface area contributed by atoms with Gasteiger partial charge in [-0.15, -0.1) is 0 Å². The van der Waals surface area contributed by atoms with E-state index in [9.17, 15) is 0 Å². The Morgan fingerprint density at radius 1 is 1.33 bits per heavy atom. The molecule has 1 spiro atoms. The summed E-state index contributed by atoms with van der Waals surface area (Å²) >= 11 is 0. The standard InChI is InChI=1S/C13H17NO/c1-11(12-5-3-2-4-6-12)14-8-7-13(9-14)10-15-13/h2-6,11H,7-10H2,1H3/t11-,13?/m1/s1. The SMILES string of the molecule is C[C@H](c1ccccc1)N1CCC2(CO2)C1. The summed E-state index contributed by atoms with van der Waals surface area (Å²) in [5.41, 5.74) is 1.67. The fraction of sp³-hybridized carbons (Fsp3) is 0.538. The predicted molar refractivity (Wildman–Crippen MR) is 59.7 cm³/mol. The second-order valence-corrected chi connectivity index (χ2v) is 4.78. The van der Waals surface area contributed by atoms with Crippen molar-refractivity contribution in [3.63, 3.8) is 0 Å². The number of nitrogens with zero attached hydrogens (tertiary/aromatic N) is 1. The van der Waals surface area contributed by atoms with Crippen molar-refractivity contribution >= 4 is 0 Å². The lowest BCUT2D eigenvalue weighted by molar-refractivity contribution is 0.231. The number of likely N-dealkylation sites (tertiary alicyclic amines) is 1. The second-order valence-electron chi connectivity index (χ2n) is 4.78. The van der Waals surface area contributed by atoms with Gasteiger partial charge >= 0.3 is 0 Å². The third-order valence-electron chi connectivity index (χ3n) is 3.73. The van der Waals surface area contributed by atoms with Crippen LogP contribution in [-0.2, 0) is 4.74 Å². The number of hydrogen-bond donors (Lipinski definition) is 0. The van der Waals surface area contributed by atoms with Crippen LogP contribution < -0.4 is 0 Å². The molecule has 0 amide bonds. The van der Waals surface area contributed by atoms with Crippen LogP contribution in [0.15, 0.2) is 30.3 Å². The molecule has 3 rings (SSSR count). The highest BCUT2D eigenvalue weighted by molar-refractivity contribution is 5.19. The topological polar surface area (TPSA) is 15.8 Å². The lowest BCUT2D eigenvalue weighted by Crippen LogP contribution is -2.26. The normalized spacial score (nSPS) is 32.1. The molecular weight excluding hydrogens is 186 g/mol. The van der Waals surface area contributed by atoms with Gasteiger partial charge in [-0.25, -0.2) is 0 Å². The highest BCUT2D eigenvalue weighted by Crippen LogP contribution is 2.39. The Morgan fingerprint density at radius 2 is 2.07 bits per heavy atom. The molecule has 0 radical (unpaired) electrons. The van der Waals surface area contributed by atoms with Crippen molar-refractivity contribution in [3.05, 3.63) is 35.9 Å². The Balaban J connectivity index is 1.73. The molecule has 2 saturated heterocycles. The summed E-state index contributed by atoms with van der Waals surface area (Å²) in [7, 11) is 0. The first kappa shape index (κ1) is 9.37. The van der Waals surface area contributed by atoms with E-state index in [0.717, 1.165) is 13.2 Å². The first-order valence-corrected chi connectivity index (χ1v) is 5.72. The van der Waals surface area contributed by atoms with Gasteiger partial charge in [0.05, 0.1) is 6.61 Å². The smallest absolute Gasteiger partial charge is 0.105 e. The Morgan fingerprint density at radius 3 is 2.67 bits per heavy atom. The molecule has 2 aliphatic rings. The van der Waals surface area contributed by atoms with E-state index in [2.05, 4.69) is 42.2 Å². The first-order valence-electron chi connectivity index (χ1n) is 5.72. The van der Waals surface area contributed by atoms with E-state index in [1.165, 1.54) is 18.5 Å². The third-order valence-corrected chi connectivity index (χ3v) is 3.73. The molecule has 1 aromatic carbocycles. The molecule has 2 aliphatic heterocycles. The monoisotopic (exact) mass is 203 g/mol. The summed E-state index contributed by atoms with van der Waals surface area (Å²) in [5.74, 6) is 0. The third kappa shape index (κ3) is 1.68. The van der Waals surface area contributed by atoms with Crippen LogP contribution in [-0.4, -0.2) is 30.2 Å². The van der Waals surface area contributed by atoms with Crippen LogP contribution in [0, 0.1) is 0 Å². The van der Waals surface area contributed by atoms with Crippen molar-refractivity contribution in [1.29, 1.82) is 0 Å². The summed E-state index contributed by atoms with van der Waals surface area (Å²) in [6, 6.07) is 11.3. The van der Waals surface area contributed by atoms with Crippen LogP contribution in [0.5, 0.6) is 0 Å². The van der Waals surface area contributed by atoms with Gasteiger partial charge in [0, 0.05) is 19.1 Å². The molecule has 2 atom stereocenters. The molecule has 0 saturated carbocycles. The lowest BCUT2D eigenvalue weighted by atomic mass is 10.1. The van der Waals surface area contributed by atoms with Crippen LogP contribution >= 0.6 is 0 Å². The van der Waals surface area contributed by atoms with Crippen molar-refractivity contribution in [1.82, 2.24) is 4.90 Å². The van der Waals surface area contributed by atoms with Crippen LogP contribution in [0.1, 0.15) is 24.9 Å². The second kappa shape index (κ2) is 3.32. The first-order chi connectivity index (χ1) is 7.29. The van der Waals surface area contributed by atoms with Gasteiger partial charge in [-0.05, 0) is 18.9 Å². The number of hydrogen-bond acceptors (Lipinski definition) is 2. The van der Waals surface area contributed by atoms with E-state index in [-0.39, 0.29) is 5.60 Å². The van der Waals surface area contributed by atoms with Crippen molar-refractivity contribution in [2.24, 2.45) is 0 Å². The van der Waals surface area contributed by atoms with Gasteiger partial charge in [0.25, 0.3) is 0 Å². The fourth-order valence-electron chi connectivity index (χ4n) is 2.49. The van der Waals surface area contributed by atoms with Gasteiger partial charge in [-0.1, -0.05) is 30.3 Å². The molecule has 15 heavy (non-hydrogen) atoms. The maximum Gasteiger partial charge on any atom is 0.105 e. The van der Waals surface area contributed by atoms with Crippen molar-refractivity contribution in [3.8, 4) is 0 Å². The van der Waals surface area contributed by atoms with E-state index in [1.54, 1.807) is 0 Å². The summed E-state index contributed by atoms with van der Waals surface area (Å²) in [6.07, 6.45) is 1.21. The molecule has 0 bridgehead atoms. The molecule has 0 N–H and O–H groups in total. The van der Waals surface area contributed by atoms with E-state index in [0.29, 0.717) is 6.04 Å². The van der Waals surface area contributed by atoms with E-state index < -0.39 is 0 Å². The maximum absolute atomic E-state index is 5.53. The van der Waals surface area contributed by atoms with Gasteiger partial charge in [-0.3, -0.25) is 4.90 Å². The number of benzene rings is 1. The molecule has 80 valence electrons. The zero-order chi connectivity index (χ0) is 10.3. The molecule has 2 fully saturated rings. The molecular formula is C13H17NO. The Bertz CT molecular complexity index is 345.